The molecule has 0 saturated heterocycles. The van der Waals surface area contributed by atoms with E-state index in [-0.39, 0.29) is 18.0 Å². The van der Waals surface area contributed by atoms with E-state index < -0.39 is 5.91 Å². The quantitative estimate of drug-likeness (QED) is 0.448. The Bertz CT molecular complexity index is 427. The highest BCUT2D eigenvalue weighted by Crippen LogP contribution is 2.12. The predicted octanol–water partition coefficient (Wildman–Crippen LogP) is 0.821. The fourth-order valence-corrected chi connectivity index (χ4v) is 1.04. The molecule has 5 nitrogen and oxygen atoms in total. The minimum atomic E-state index is -0.473. The molecule has 0 spiro atoms. The Hall–Kier alpha value is -2.17. The molecule has 0 aliphatic heterocycles. The van der Waals surface area contributed by atoms with Gasteiger partial charge in [0.15, 0.2) is 0 Å². The van der Waals surface area contributed by atoms with Gasteiger partial charge in [0.1, 0.15) is 11.5 Å². The summed E-state index contributed by atoms with van der Waals surface area (Å²) in [5, 5.41) is 13.0. The first-order valence-corrected chi connectivity index (χ1v) is 4.69. The van der Waals surface area contributed by atoms with Gasteiger partial charge < -0.3 is 5.11 Å². The molecule has 5 heteroatoms. The number of amides is 1. The van der Waals surface area contributed by atoms with Gasteiger partial charge in [-0.3, -0.25) is 9.59 Å². The van der Waals surface area contributed by atoms with E-state index in [0.717, 1.165) is 0 Å². The molecule has 1 amide bonds. The van der Waals surface area contributed by atoms with E-state index in [9.17, 15) is 14.7 Å². The fourth-order valence-electron chi connectivity index (χ4n) is 1.04. The lowest BCUT2D eigenvalue weighted by Gasteiger charge is -1.98. The van der Waals surface area contributed by atoms with Crippen LogP contribution in [-0.4, -0.2) is 23.0 Å². The molecule has 0 aliphatic rings. The lowest BCUT2D eigenvalue weighted by molar-refractivity contribution is -0.127. The van der Waals surface area contributed by atoms with Crippen molar-refractivity contribution in [1.82, 2.24) is 5.43 Å². The number of para-hydroxylation sites is 1. The van der Waals surface area contributed by atoms with E-state index in [2.05, 4.69) is 10.5 Å². The van der Waals surface area contributed by atoms with Crippen LogP contribution in [0, 0.1) is 0 Å². The Morgan fingerprint density at radius 1 is 1.44 bits per heavy atom. The molecule has 0 unspecified atom stereocenters. The lowest BCUT2D eigenvalue weighted by Crippen LogP contribution is -2.19. The van der Waals surface area contributed by atoms with Crippen LogP contribution in [0.3, 0.4) is 0 Å². The van der Waals surface area contributed by atoms with Gasteiger partial charge >= 0.3 is 0 Å². The zero-order chi connectivity index (χ0) is 12.0. The number of nitrogens with one attached hydrogen (secondary N) is 1. The van der Waals surface area contributed by atoms with Gasteiger partial charge in [0, 0.05) is 5.56 Å². The second-order valence-electron chi connectivity index (χ2n) is 3.23. The molecule has 0 aromatic heterocycles. The van der Waals surface area contributed by atoms with E-state index in [1.807, 2.05) is 0 Å². The maximum Gasteiger partial charge on any atom is 0.247 e. The minimum Gasteiger partial charge on any atom is -0.507 e. The number of nitrogens with zero attached hydrogens (tertiary/aromatic N) is 1. The van der Waals surface area contributed by atoms with Crippen LogP contribution in [0.5, 0.6) is 5.75 Å². The highest BCUT2D eigenvalue weighted by molar-refractivity contribution is 5.97. The predicted molar refractivity (Wildman–Crippen MR) is 59.1 cm³/mol. The van der Waals surface area contributed by atoms with Gasteiger partial charge in [0.2, 0.25) is 5.91 Å². The topological polar surface area (TPSA) is 78.8 Å². The summed E-state index contributed by atoms with van der Waals surface area (Å²) in [7, 11) is 0. The molecule has 0 atom stereocenters. The lowest BCUT2D eigenvalue weighted by atomic mass is 10.2. The van der Waals surface area contributed by atoms with Crippen molar-refractivity contribution in [3.05, 3.63) is 29.8 Å². The first kappa shape index (κ1) is 11.9. The van der Waals surface area contributed by atoms with Crippen LogP contribution in [-0.2, 0) is 9.59 Å². The smallest absolute Gasteiger partial charge is 0.247 e. The number of hydrogen-bond donors (Lipinski definition) is 2. The standard InChI is InChI=1S/C11H12N2O3/c1-8(14)6-11(16)13-12-7-9-4-2-3-5-10(9)15/h2-5,7,15H,6H2,1H3,(H,13,16). The number of phenolic OH excluding ortho intramolecular Hbond substituents is 1. The monoisotopic (exact) mass is 220 g/mol. The molecule has 0 fully saturated rings. The van der Waals surface area contributed by atoms with Gasteiger partial charge in [-0.05, 0) is 19.1 Å². The van der Waals surface area contributed by atoms with Crippen LogP contribution in [0.25, 0.3) is 0 Å². The highest BCUT2D eigenvalue weighted by Gasteiger charge is 2.02. The molecule has 84 valence electrons. The van der Waals surface area contributed by atoms with Crippen molar-refractivity contribution < 1.29 is 14.7 Å². The molecule has 1 aromatic carbocycles. The molecule has 0 radical (unpaired) electrons. The summed E-state index contributed by atoms with van der Waals surface area (Å²) in [6.45, 7) is 1.33. The summed E-state index contributed by atoms with van der Waals surface area (Å²) in [6.07, 6.45) is 1.12. The molecule has 1 aromatic rings. The average molecular weight is 220 g/mol. The third-order valence-corrected chi connectivity index (χ3v) is 1.74. The van der Waals surface area contributed by atoms with Crippen molar-refractivity contribution in [3.63, 3.8) is 0 Å². The molecular formula is C11H12N2O3. The maximum absolute atomic E-state index is 11.0. The Kier molecular flexibility index (Phi) is 4.20. The molecule has 0 saturated carbocycles. The number of carbonyl (C=O) groups excluding carboxylic acids is 2. The van der Waals surface area contributed by atoms with E-state index in [0.29, 0.717) is 5.56 Å². The highest BCUT2D eigenvalue weighted by atomic mass is 16.3. The zero-order valence-electron chi connectivity index (χ0n) is 8.80. The second-order valence-corrected chi connectivity index (χ2v) is 3.23. The van der Waals surface area contributed by atoms with Crippen molar-refractivity contribution >= 4 is 17.9 Å². The van der Waals surface area contributed by atoms with Gasteiger partial charge in [-0.15, -0.1) is 0 Å². The number of aromatic hydroxyl groups is 1. The molecule has 0 aliphatic carbocycles. The number of phenols is 1. The molecule has 1 rings (SSSR count). The van der Waals surface area contributed by atoms with Crippen LogP contribution < -0.4 is 5.43 Å². The number of benzene rings is 1. The molecular weight excluding hydrogens is 208 g/mol. The third-order valence-electron chi connectivity index (χ3n) is 1.74. The molecule has 16 heavy (non-hydrogen) atoms. The Morgan fingerprint density at radius 3 is 2.75 bits per heavy atom. The summed E-state index contributed by atoms with van der Waals surface area (Å²) in [5.74, 6) is -0.624. The van der Waals surface area contributed by atoms with Crippen molar-refractivity contribution in [1.29, 1.82) is 0 Å². The van der Waals surface area contributed by atoms with Gasteiger partial charge in [0.25, 0.3) is 0 Å². The van der Waals surface area contributed by atoms with Gasteiger partial charge in [-0.2, -0.15) is 5.10 Å². The summed E-state index contributed by atoms with van der Waals surface area (Å²) < 4.78 is 0. The van der Waals surface area contributed by atoms with Crippen LogP contribution in [0.2, 0.25) is 0 Å². The van der Waals surface area contributed by atoms with Crippen molar-refractivity contribution in [2.75, 3.05) is 0 Å². The maximum atomic E-state index is 11.0. The van der Waals surface area contributed by atoms with E-state index in [4.69, 9.17) is 0 Å². The van der Waals surface area contributed by atoms with Crippen LogP contribution in [0.1, 0.15) is 18.9 Å². The van der Waals surface area contributed by atoms with Crippen LogP contribution in [0.15, 0.2) is 29.4 Å². The largest absolute Gasteiger partial charge is 0.507 e. The van der Waals surface area contributed by atoms with Gasteiger partial charge in [-0.25, -0.2) is 5.43 Å². The first-order valence-electron chi connectivity index (χ1n) is 4.69. The summed E-state index contributed by atoms with van der Waals surface area (Å²) in [5.41, 5.74) is 2.68. The first-order chi connectivity index (χ1) is 7.59. The summed E-state index contributed by atoms with van der Waals surface area (Å²) in [4.78, 5) is 21.6. The summed E-state index contributed by atoms with van der Waals surface area (Å²) >= 11 is 0. The number of ketones is 1. The number of hydrazone groups is 1. The Labute approximate surface area is 92.8 Å². The minimum absolute atomic E-state index is 0.0760. The van der Waals surface area contributed by atoms with E-state index >= 15 is 0 Å². The Morgan fingerprint density at radius 2 is 2.12 bits per heavy atom. The number of Topliss-reactive ketones (excluding diaryl/α,β-unsaturated/α-hetero) is 1. The SMILES string of the molecule is CC(=O)CC(=O)NN=Cc1ccccc1O. The average Bonchev–Trinajstić information content (AvgIpc) is 2.19. The number of hydrogen-bond acceptors (Lipinski definition) is 4. The third kappa shape index (κ3) is 3.91. The van der Waals surface area contributed by atoms with Crippen LogP contribution >= 0.6 is 0 Å². The Balaban J connectivity index is 2.52. The zero-order valence-corrected chi connectivity index (χ0v) is 8.80. The van der Waals surface area contributed by atoms with Crippen molar-refractivity contribution in [2.45, 2.75) is 13.3 Å². The van der Waals surface area contributed by atoms with Gasteiger partial charge in [0.05, 0.1) is 12.6 Å². The van der Waals surface area contributed by atoms with Crippen LogP contribution in [0.4, 0.5) is 0 Å². The number of carbonyl (C=O) groups is 2. The van der Waals surface area contributed by atoms with Gasteiger partial charge in [-0.1, -0.05) is 12.1 Å². The molecule has 0 bridgehead atoms. The summed E-state index contributed by atoms with van der Waals surface area (Å²) in [6, 6.07) is 6.58. The van der Waals surface area contributed by atoms with E-state index in [1.54, 1.807) is 18.2 Å². The van der Waals surface area contributed by atoms with E-state index in [1.165, 1.54) is 19.2 Å². The van der Waals surface area contributed by atoms with Crippen molar-refractivity contribution in [3.8, 4) is 5.75 Å². The second kappa shape index (κ2) is 5.65. The van der Waals surface area contributed by atoms with Crippen molar-refractivity contribution in [2.24, 2.45) is 5.10 Å². The number of rotatable bonds is 4. The fraction of sp³-hybridized carbons (Fsp3) is 0.182. The normalized spacial score (nSPS) is 10.3. The molecule has 0 heterocycles. The molecule has 2 N–H and O–H groups in total.